The van der Waals surface area contributed by atoms with E-state index in [2.05, 4.69) is 15.0 Å². The van der Waals surface area contributed by atoms with E-state index in [1.54, 1.807) is 38.4 Å². The van der Waals surface area contributed by atoms with Crippen LogP contribution in [0.25, 0.3) is 16.6 Å². The van der Waals surface area contributed by atoms with E-state index in [0.717, 1.165) is 16.0 Å². The first-order valence-corrected chi connectivity index (χ1v) is 12.1. The number of amides is 2. The van der Waals surface area contributed by atoms with Gasteiger partial charge in [-0.1, -0.05) is 48.5 Å². The second kappa shape index (κ2) is 9.93. The molecular weight excluding hydrogens is 485 g/mol. The number of carbonyl (C=O) groups excluding carboxylic acids is 2. The SMILES string of the molecule is CN=C/C(=C\N)c1ccc2nc([C@@]3(Cc4ccccc4)OC(=O)N([C@H](C)c4ccc(F)cc4)C3=O)[nH]c2c1.[HH]. The van der Waals surface area contributed by atoms with Crippen LogP contribution in [0.5, 0.6) is 0 Å². The number of imide groups is 1. The number of imidazole rings is 1. The number of rotatable bonds is 7. The van der Waals surface area contributed by atoms with Gasteiger partial charge in [-0.2, -0.15) is 0 Å². The fraction of sp³-hybridized carbons (Fsp3) is 0.172. The summed E-state index contributed by atoms with van der Waals surface area (Å²) >= 11 is 0. The Morgan fingerprint density at radius 2 is 1.92 bits per heavy atom. The van der Waals surface area contributed by atoms with Gasteiger partial charge in [0.1, 0.15) is 5.82 Å². The van der Waals surface area contributed by atoms with Crippen molar-refractivity contribution in [2.24, 2.45) is 10.7 Å². The molecule has 1 saturated heterocycles. The number of halogens is 1. The molecule has 194 valence electrons. The van der Waals surface area contributed by atoms with Gasteiger partial charge in [-0.15, -0.1) is 0 Å². The minimum Gasteiger partial charge on any atom is -0.424 e. The molecule has 5 rings (SSSR count). The highest BCUT2D eigenvalue weighted by Crippen LogP contribution is 2.41. The highest BCUT2D eigenvalue weighted by Gasteiger charge is 2.58. The highest BCUT2D eigenvalue weighted by atomic mass is 19.1. The van der Waals surface area contributed by atoms with Crippen molar-refractivity contribution >= 4 is 34.8 Å². The van der Waals surface area contributed by atoms with E-state index in [1.807, 2.05) is 42.5 Å². The number of nitrogens with two attached hydrogens (primary N) is 1. The van der Waals surface area contributed by atoms with Crippen LogP contribution in [0, 0.1) is 5.82 Å². The summed E-state index contributed by atoms with van der Waals surface area (Å²) in [6, 6.07) is 19.8. The number of cyclic esters (lactones) is 1. The summed E-state index contributed by atoms with van der Waals surface area (Å²) in [7, 11) is 1.66. The number of benzene rings is 3. The lowest BCUT2D eigenvalue weighted by atomic mass is 9.92. The first kappa shape index (κ1) is 24.9. The molecule has 0 spiro atoms. The van der Waals surface area contributed by atoms with E-state index in [-0.39, 0.29) is 13.7 Å². The third-order valence-electron chi connectivity index (χ3n) is 6.70. The normalized spacial score (nSPS) is 18.9. The second-order valence-electron chi connectivity index (χ2n) is 9.09. The summed E-state index contributed by atoms with van der Waals surface area (Å²) < 4.78 is 19.4. The molecule has 1 aliphatic heterocycles. The molecule has 2 amide bonds. The number of fused-ring (bicyclic) bond motifs is 1. The number of nitrogens with one attached hydrogen (secondary N) is 1. The van der Waals surface area contributed by atoms with Gasteiger partial charge in [0.05, 0.1) is 17.1 Å². The van der Waals surface area contributed by atoms with Crippen molar-refractivity contribution in [1.29, 1.82) is 0 Å². The molecule has 4 aromatic rings. The summed E-state index contributed by atoms with van der Waals surface area (Å²) in [4.78, 5) is 40.4. The highest BCUT2D eigenvalue weighted by molar-refractivity contribution is 6.10. The Balaban J connectivity index is 0.00000353. The quantitative estimate of drug-likeness (QED) is 0.333. The van der Waals surface area contributed by atoms with Gasteiger partial charge in [0, 0.05) is 32.9 Å². The molecule has 3 aromatic carbocycles. The number of carbonyl (C=O) groups is 2. The van der Waals surface area contributed by atoms with Crippen molar-refractivity contribution in [3.8, 4) is 0 Å². The molecule has 8 nitrogen and oxygen atoms in total. The molecular formula is C29H28FN5O3. The summed E-state index contributed by atoms with van der Waals surface area (Å²) in [5.74, 6) is -0.750. The van der Waals surface area contributed by atoms with E-state index in [9.17, 15) is 14.0 Å². The minimum absolute atomic E-state index is 0. The topological polar surface area (TPSA) is 114 Å². The van der Waals surface area contributed by atoms with Crippen molar-refractivity contribution < 1.29 is 20.1 Å². The van der Waals surface area contributed by atoms with Crippen molar-refractivity contribution in [3.63, 3.8) is 0 Å². The number of aromatic nitrogens is 2. The number of allylic oxidation sites excluding steroid dienone is 1. The Bertz CT molecular complexity index is 1570. The van der Waals surface area contributed by atoms with E-state index in [0.29, 0.717) is 22.2 Å². The fourth-order valence-electron chi connectivity index (χ4n) is 4.71. The van der Waals surface area contributed by atoms with Gasteiger partial charge in [0.2, 0.25) is 0 Å². The van der Waals surface area contributed by atoms with Crippen LogP contribution in [0.1, 0.15) is 36.9 Å². The minimum atomic E-state index is -1.72. The molecule has 2 atom stereocenters. The molecule has 0 aliphatic carbocycles. The maximum Gasteiger partial charge on any atom is 0.418 e. The Labute approximate surface area is 220 Å². The molecule has 1 fully saturated rings. The number of ether oxygens (including phenoxy) is 1. The van der Waals surface area contributed by atoms with Gasteiger partial charge in [-0.05, 0) is 47.9 Å². The molecule has 9 heteroatoms. The van der Waals surface area contributed by atoms with E-state index < -0.39 is 29.5 Å². The van der Waals surface area contributed by atoms with Crippen molar-refractivity contribution in [2.75, 3.05) is 7.05 Å². The Morgan fingerprint density at radius 3 is 2.61 bits per heavy atom. The average Bonchev–Trinajstić information content (AvgIpc) is 3.46. The summed E-state index contributed by atoms with van der Waals surface area (Å²) in [6.07, 6.45) is 2.39. The zero-order valence-corrected chi connectivity index (χ0v) is 20.9. The number of aliphatic imine (C=N–C) groups is 1. The summed E-state index contributed by atoms with van der Waals surface area (Å²) in [6.45, 7) is 1.70. The van der Waals surface area contributed by atoms with Crippen LogP contribution in [0.2, 0.25) is 0 Å². The Hall–Kier alpha value is -4.79. The Kier molecular flexibility index (Phi) is 6.50. The standard InChI is InChI=1S/C29H26FN5O3.H2/c1-18(20-8-11-23(30)12-9-20)35-27(36)29(38-28(35)37,15-19-6-4-3-5-7-19)26-33-24-13-10-21(14-25(24)34-26)22(16-31)17-32-2;/h3-14,16-18H,15,31H2,1-2H3,(H,33,34);1H/b22-16+,32-17?;/t18-,29-;/m1./s1. The van der Waals surface area contributed by atoms with Gasteiger partial charge in [-0.25, -0.2) is 19.1 Å². The number of aromatic amines is 1. The lowest BCUT2D eigenvalue weighted by molar-refractivity contribution is -0.139. The second-order valence-corrected chi connectivity index (χ2v) is 9.09. The van der Waals surface area contributed by atoms with Crippen LogP contribution in [0.3, 0.4) is 0 Å². The summed E-state index contributed by atoms with van der Waals surface area (Å²) in [5.41, 5.74) is 8.19. The molecule has 3 N–H and O–H groups in total. The van der Waals surface area contributed by atoms with Crippen LogP contribution in [-0.4, -0.2) is 40.1 Å². The predicted molar refractivity (Wildman–Crippen MR) is 145 cm³/mol. The van der Waals surface area contributed by atoms with Crippen molar-refractivity contribution in [3.05, 3.63) is 107 Å². The largest absolute Gasteiger partial charge is 0.424 e. The average molecular weight is 514 g/mol. The number of hydrogen-bond acceptors (Lipinski definition) is 6. The molecule has 1 aromatic heterocycles. The van der Waals surface area contributed by atoms with Gasteiger partial charge in [0.15, 0.2) is 5.82 Å². The van der Waals surface area contributed by atoms with E-state index >= 15 is 0 Å². The molecule has 2 heterocycles. The van der Waals surface area contributed by atoms with E-state index in [1.165, 1.54) is 18.3 Å². The molecule has 0 saturated carbocycles. The first-order chi connectivity index (χ1) is 18.4. The Morgan fingerprint density at radius 1 is 1.18 bits per heavy atom. The van der Waals surface area contributed by atoms with Crippen LogP contribution in [-0.2, 0) is 21.6 Å². The van der Waals surface area contributed by atoms with Crippen LogP contribution in [0.15, 0.2) is 84.0 Å². The third kappa shape index (κ3) is 4.32. The fourth-order valence-corrected chi connectivity index (χ4v) is 4.71. The van der Waals surface area contributed by atoms with E-state index in [4.69, 9.17) is 10.5 Å². The van der Waals surface area contributed by atoms with Crippen LogP contribution in [0.4, 0.5) is 9.18 Å². The maximum atomic E-state index is 14.1. The summed E-state index contributed by atoms with van der Waals surface area (Å²) in [5, 5.41) is 0. The van der Waals surface area contributed by atoms with Gasteiger partial charge in [0.25, 0.3) is 11.5 Å². The number of hydrogen-bond donors (Lipinski definition) is 2. The molecule has 0 unspecified atom stereocenters. The van der Waals surface area contributed by atoms with Crippen molar-refractivity contribution in [1.82, 2.24) is 14.9 Å². The molecule has 1 aliphatic rings. The van der Waals surface area contributed by atoms with Gasteiger partial charge in [-0.3, -0.25) is 9.79 Å². The monoisotopic (exact) mass is 513 g/mol. The van der Waals surface area contributed by atoms with Crippen LogP contribution < -0.4 is 5.73 Å². The maximum absolute atomic E-state index is 14.1. The zero-order chi connectivity index (χ0) is 26.9. The lowest BCUT2D eigenvalue weighted by Crippen LogP contribution is -2.42. The molecule has 0 bridgehead atoms. The lowest BCUT2D eigenvalue weighted by Gasteiger charge is -2.25. The van der Waals surface area contributed by atoms with Crippen molar-refractivity contribution in [2.45, 2.75) is 25.0 Å². The first-order valence-electron chi connectivity index (χ1n) is 12.1. The molecule has 38 heavy (non-hydrogen) atoms. The zero-order valence-electron chi connectivity index (χ0n) is 20.9. The van der Waals surface area contributed by atoms with Crippen LogP contribution >= 0.6 is 0 Å². The van der Waals surface area contributed by atoms with Gasteiger partial charge >= 0.3 is 6.09 Å². The number of nitrogens with zero attached hydrogens (tertiary/aromatic N) is 3. The predicted octanol–water partition coefficient (Wildman–Crippen LogP) is 5.13. The molecule has 0 radical (unpaired) electrons. The number of H-pyrrole nitrogens is 1. The third-order valence-corrected chi connectivity index (χ3v) is 6.70. The smallest absolute Gasteiger partial charge is 0.418 e. The van der Waals surface area contributed by atoms with Gasteiger partial charge < -0.3 is 15.5 Å².